The van der Waals surface area contributed by atoms with Crippen LogP contribution < -0.4 is 15.4 Å². The molecular formula is C15H22N2O2S. The number of carbonyl (C=O) groups excluding carboxylic acids is 1. The normalized spacial score (nSPS) is 18.6. The van der Waals surface area contributed by atoms with E-state index in [-0.39, 0.29) is 5.91 Å². The summed E-state index contributed by atoms with van der Waals surface area (Å²) in [5.74, 6) is 3.12. The van der Waals surface area contributed by atoms with Crippen molar-refractivity contribution in [2.45, 2.75) is 25.9 Å². The number of hydrogen-bond acceptors (Lipinski definition) is 4. The molecule has 1 aromatic carbocycles. The maximum atomic E-state index is 11.9. The molecule has 0 aliphatic carbocycles. The average molecular weight is 294 g/mol. The first kappa shape index (κ1) is 15.2. The molecule has 1 amide bonds. The van der Waals surface area contributed by atoms with Gasteiger partial charge in [-0.2, -0.15) is 11.8 Å². The zero-order chi connectivity index (χ0) is 14.2. The fourth-order valence-electron chi connectivity index (χ4n) is 2.16. The Kier molecular flexibility index (Phi) is 6.21. The standard InChI is InChI=1S/C15H22N2O2S/c1-2-19-14-5-3-4-12(8-14)10-17-15(18)9-13-11-20-7-6-16-13/h3-5,8,13,16H,2,6-7,9-11H2,1H3,(H,17,18). The lowest BCUT2D eigenvalue weighted by molar-refractivity contribution is -0.121. The van der Waals surface area contributed by atoms with Crippen LogP contribution in [-0.4, -0.2) is 36.6 Å². The highest BCUT2D eigenvalue weighted by Gasteiger charge is 2.16. The average Bonchev–Trinajstić information content (AvgIpc) is 2.47. The third-order valence-corrected chi connectivity index (χ3v) is 4.26. The van der Waals surface area contributed by atoms with Crippen LogP contribution in [0.1, 0.15) is 18.9 Å². The van der Waals surface area contributed by atoms with Gasteiger partial charge in [-0.05, 0) is 24.6 Å². The topological polar surface area (TPSA) is 50.4 Å². The van der Waals surface area contributed by atoms with Crippen LogP contribution in [0.15, 0.2) is 24.3 Å². The minimum atomic E-state index is 0.104. The van der Waals surface area contributed by atoms with Gasteiger partial charge in [0, 0.05) is 37.1 Å². The molecule has 2 N–H and O–H groups in total. The lowest BCUT2D eigenvalue weighted by Crippen LogP contribution is -2.41. The Morgan fingerprint density at radius 3 is 3.20 bits per heavy atom. The van der Waals surface area contributed by atoms with Crippen molar-refractivity contribution in [2.75, 3.05) is 24.7 Å². The van der Waals surface area contributed by atoms with Gasteiger partial charge in [-0.3, -0.25) is 4.79 Å². The lowest BCUT2D eigenvalue weighted by atomic mass is 10.2. The van der Waals surface area contributed by atoms with Crippen LogP contribution in [-0.2, 0) is 11.3 Å². The molecular weight excluding hydrogens is 272 g/mol. The van der Waals surface area contributed by atoms with E-state index >= 15 is 0 Å². The van der Waals surface area contributed by atoms with Gasteiger partial charge in [-0.25, -0.2) is 0 Å². The van der Waals surface area contributed by atoms with E-state index in [1.165, 1.54) is 0 Å². The van der Waals surface area contributed by atoms with Gasteiger partial charge >= 0.3 is 0 Å². The van der Waals surface area contributed by atoms with Crippen LogP contribution in [0.4, 0.5) is 0 Å². The Morgan fingerprint density at radius 1 is 1.55 bits per heavy atom. The van der Waals surface area contributed by atoms with E-state index in [0.717, 1.165) is 29.4 Å². The van der Waals surface area contributed by atoms with Crippen LogP contribution >= 0.6 is 11.8 Å². The Labute approximate surface area is 124 Å². The van der Waals surface area contributed by atoms with Crippen molar-refractivity contribution in [3.05, 3.63) is 29.8 Å². The summed E-state index contributed by atoms with van der Waals surface area (Å²) < 4.78 is 5.45. The molecule has 1 atom stereocenters. The number of rotatable bonds is 6. The molecule has 4 nitrogen and oxygen atoms in total. The second-order valence-electron chi connectivity index (χ2n) is 4.79. The molecule has 0 aromatic heterocycles. The first-order valence-electron chi connectivity index (χ1n) is 7.07. The second kappa shape index (κ2) is 8.17. The summed E-state index contributed by atoms with van der Waals surface area (Å²) in [6, 6.07) is 8.16. The molecule has 2 rings (SSSR count). The summed E-state index contributed by atoms with van der Waals surface area (Å²) >= 11 is 1.91. The van der Waals surface area contributed by atoms with E-state index in [0.29, 0.717) is 25.6 Å². The number of benzene rings is 1. The van der Waals surface area contributed by atoms with Gasteiger partial charge in [0.05, 0.1) is 6.61 Å². The molecule has 1 unspecified atom stereocenters. The van der Waals surface area contributed by atoms with E-state index in [2.05, 4.69) is 10.6 Å². The number of thioether (sulfide) groups is 1. The fourth-order valence-corrected chi connectivity index (χ4v) is 3.11. The largest absolute Gasteiger partial charge is 0.494 e. The van der Waals surface area contributed by atoms with Crippen molar-refractivity contribution in [1.29, 1.82) is 0 Å². The summed E-state index contributed by atoms with van der Waals surface area (Å²) in [6.45, 7) is 4.17. The van der Waals surface area contributed by atoms with Crippen LogP contribution in [0.3, 0.4) is 0 Å². The van der Waals surface area contributed by atoms with Crippen molar-refractivity contribution in [3.63, 3.8) is 0 Å². The van der Waals surface area contributed by atoms with E-state index in [1.54, 1.807) is 0 Å². The van der Waals surface area contributed by atoms with Crippen molar-refractivity contribution >= 4 is 17.7 Å². The predicted molar refractivity (Wildman–Crippen MR) is 83.2 cm³/mol. The molecule has 0 bridgehead atoms. The first-order chi connectivity index (χ1) is 9.78. The van der Waals surface area contributed by atoms with Gasteiger partial charge in [0.2, 0.25) is 5.91 Å². The second-order valence-corrected chi connectivity index (χ2v) is 5.94. The first-order valence-corrected chi connectivity index (χ1v) is 8.23. The molecule has 20 heavy (non-hydrogen) atoms. The van der Waals surface area contributed by atoms with Crippen molar-refractivity contribution < 1.29 is 9.53 Å². The van der Waals surface area contributed by atoms with Crippen LogP contribution in [0.5, 0.6) is 5.75 Å². The number of amides is 1. The highest BCUT2D eigenvalue weighted by molar-refractivity contribution is 7.99. The molecule has 0 radical (unpaired) electrons. The SMILES string of the molecule is CCOc1cccc(CNC(=O)CC2CSCCN2)c1. The molecule has 1 fully saturated rings. The van der Waals surface area contributed by atoms with Crippen LogP contribution in [0.25, 0.3) is 0 Å². The summed E-state index contributed by atoms with van der Waals surface area (Å²) in [5.41, 5.74) is 1.07. The van der Waals surface area contributed by atoms with Gasteiger partial charge in [-0.15, -0.1) is 0 Å². The van der Waals surface area contributed by atoms with Gasteiger partial charge < -0.3 is 15.4 Å². The fraction of sp³-hybridized carbons (Fsp3) is 0.533. The quantitative estimate of drug-likeness (QED) is 0.840. The number of nitrogens with one attached hydrogen (secondary N) is 2. The van der Waals surface area contributed by atoms with Gasteiger partial charge in [0.15, 0.2) is 0 Å². The predicted octanol–water partition coefficient (Wildman–Crippen LogP) is 1.80. The Morgan fingerprint density at radius 2 is 2.45 bits per heavy atom. The van der Waals surface area contributed by atoms with Crippen molar-refractivity contribution in [2.24, 2.45) is 0 Å². The Balaban J connectivity index is 1.76. The third-order valence-electron chi connectivity index (χ3n) is 3.13. The number of ether oxygens (including phenoxy) is 1. The summed E-state index contributed by atoms with van der Waals surface area (Å²) in [4.78, 5) is 11.9. The van der Waals surface area contributed by atoms with Gasteiger partial charge in [-0.1, -0.05) is 12.1 Å². The third kappa shape index (κ3) is 5.06. The maximum Gasteiger partial charge on any atom is 0.221 e. The van der Waals surface area contributed by atoms with Crippen molar-refractivity contribution in [3.8, 4) is 5.75 Å². The maximum absolute atomic E-state index is 11.9. The molecule has 0 saturated carbocycles. The smallest absolute Gasteiger partial charge is 0.221 e. The van der Waals surface area contributed by atoms with Crippen LogP contribution in [0.2, 0.25) is 0 Å². The molecule has 5 heteroatoms. The zero-order valence-electron chi connectivity index (χ0n) is 11.9. The monoisotopic (exact) mass is 294 g/mol. The molecule has 1 aliphatic heterocycles. The number of carbonyl (C=O) groups is 1. The Bertz CT molecular complexity index is 434. The molecule has 1 heterocycles. The molecule has 1 aromatic rings. The van der Waals surface area contributed by atoms with Crippen LogP contribution in [0, 0.1) is 0 Å². The molecule has 110 valence electrons. The molecule has 0 spiro atoms. The van der Waals surface area contributed by atoms with Gasteiger partial charge in [0.25, 0.3) is 0 Å². The van der Waals surface area contributed by atoms with E-state index in [1.807, 2.05) is 43.0 Å². The minimum Gasteiger partial charge on any atom is -0.494 e. The van der Waals surface area contributed by atoms with E-state index < -0.39 is 0 Å². The van der Waals surface area contributed by atoms with E-state index in [4.69, 9.17) is 4.74 Å². The summed E-state index contributed by atoms with van der Waals surface area (Å²) in [5, 5.41) is 6.34. The minimum absolute atomic E-state index is 0.104. The Hall–Kier alpha value is -1.20. The lowest BCUT2D eigenvalue weighted by Gasteiger charge is -2.22. The molecule has 1 aliphatic rings. The number of hydrogen-bond donors (Lipinski definition) is 2. The van der Waals surface area contributed by atoms with E-state index in [9.17, 15) is 4.79 Å². The highest BCUT2D eigenvalue weighted by atomic mass is 32.2. The summed E-state index contributed by atoms with van der Waals surface area (Å²) in [7, 11) is 0. The van der Waals surface area contributed by atoms with Gasteiger partial charge in [0.1, 0.15) is 5.75 Å². The van der Waals surface area contributed by atoms with Crippen molar-refractivity contribution in [1.82, 2.24) is 10.6 Å². The molecule has 1 saturated heterocycles. The zero-order valence-corrected chi connectivity index (χ0v) is 12.7. The summed E-state index contributed by atoms with van der Waals surface area (Å²) in [6.07, 6.45) is 0.554. The highest BCUT2D eigenvalue weighted by Crippen LogP contribution is 2.13.